The van der Waals surface area contributed by atoms with E-state index in [1.54, 1.807) is 0 Å². The quantitative estimate of drug-likeness (QED) is 0.579. The van der Waals surface area contributed by atoms with E-state index in [4.69, 9.17) is 0 Å². The number of hydrogen-bond acceptors (Lipinski definition) is 5. The van der Waals surface area contributed by atoms with Gasteiger partial charge in [-0.1, -0.05) is 6.07 Å². The van der Waals surface area contributed by atoms with Crippen LogP contribution in [0.1, 0.15) is 48.6 Å². The normalized spacial score (nSPS) is 19.4. The molecule has 0 spiro atoms. The molecule has 0 unspecified atom stereocenters. The zero-order valence-electron chi connectivity index (χ0n) is 18.0. The lowest BCUT2D eigenvalue weighted by Gasteiger charge is -2.44. The SMILES string of the molecule is CC(C)(C1CC(CNC(=O)c2ccnc(C(F)(F)F)n2)C1)S(=O)(=O)c1cccc(C(F)(F)F)c1. The fourth-order valence-electron chi connectivity index (χ4n) is 3.78. The number of benzene rings is 1. The predicted molar refractivity (Wildman–Crippen MR) is 108 cm³/mol. The lowest BCUT2D eigenvalue weighted by Crippen LogP contribution is -2.48. The fourth-order valence-corrected chi connectivity index (χ4v) is 5.56. The molecule has 1 amide bonds. The van der Waals surface area contributed by atoms with Crippen molar-refractivity contribution in [2.45, 2.75) is 48.7 Å². The van der Waals surface area contributed by atoms with Gasteiger partial charge in [-0.05, 0) is 62.8 Å². The molecule has 1 saturated carbocycles. The number of hydrogen-bond donors (Lipinski definition) is 1. The molecule has 0 aliphatic heterocycles. The topological polar surface area (TPSA) is 89.0 Å². The van der Waals surface area contributed by atoms with Crippen molar-refractivity contribution in [2.24, 2.45) is 11.8 Å². The summed E-state index contributed by atoms with van der Waals surface area (Å²) in [5.41, 5.74) is -1.51. The van der Waals surface area contributed by atoms with Crippen LogP contribution in [0.2, 0.25) is 0 Å². The van der Waals surface area contributed by atoms with E-state index < -0.39 is 54.8 Å². The summed E-state index contributed by atoms with van der Waals surface area (Å²) in [4.78, 5) is 18.0. The molecule has 13 heteroatoms. The van der Waals surface area contributed by atoms with Crippen molar-refractivity contribution in [1.82, 2.24) is 15.3 Å². The Morgan fingerprint density at radius 3 is 2.29 bits per heavy atom. The highest BCUT2D eigenvalue weighted by Crippen LogP contribution is 2.46. The van der Waals surface area contributed by atoms with Crippen LogP contribution >= 0.6 is 0 Å². The van der Waals surface area contributed by atoms with Crippen LogP contribution < -0.4 is 5.32 Å². The summed E-state index contributed by atoms with van der Waals surface area (Å²) < 4.78 is 102. The molecule has 1 aromatic carbocycles. The van der Waals surface area contributed by atoms with Crippen molar-refractivity contribution in [3.63, 3.8) is 0 Å². The van der Waals surface area contributed by atoms with Crippen LogP contribution in [0.5, 0.6) is 0 Å². The molecule has 1 aliphatic rings. The minimum atomic E-state index is -4.80. The summed E-state index contributed by atoms with van der Waals surface area (Å²) in [6.45, 7) is 2.98. The zero-order chi connectivity index (χ0) is 25.5. The number of amides is 1. The van der Waals surface area contributed by atoms with Crippen LogP contribution in [0.4, 0.5) is 26.3 Å². The first kappa shape index (κ1) is 25.9. The predicted octanol–water partition coefficient (Wildman–Crippen LogP) is 4.52. The Morgan fingerprint density at radius 2 is 1.71 bits per heavy atom. The molecule has 0 radical (unpaired) electrons. The molecule has 3 rings (SSSR count). The van der Waals surface area contributed by atoms with Crippen LogP contribution in [-0.4, -0.2) is 35.6 Å². The summed E-state index contributed by atoms with van der Waals surface area (Å²) in [5.74, 6) is -2.80. The molecule has 0 bridgehead atoms. The van der Waals surface area contributed by atoms with Gasteiger partial charge in [0, 0.05) is 12.7 Å². The number of halogens is 6. The summed E-state index contributed by atoms with van der Waals surface area (Å²) in [7, 11) is -4.11. The Balaban J connectivity index is 1.62. The Hall–Kier alpha value is -2.70. The Bertz CT molecular complexity index is 1170. The fraction of sp³-hybridized carbons (Fsp3) is 0.476. The molecule has 0 saturated heterocycles. The van der Waals surface area contributed by atoms with Crippen molar-refractivity contribution in [2.75, 3.05) is 6.54 Å². The molecule has 1 heterocycles. The van der Waals surface area contributed by atoms with Gasteiger partial charge in [0.15, 0.2) is 9.84 Å². The van der Waals surface area contributed by atoms with E-state index in [0.29, 0.717) is 18.9 Å². The van der Waals surface area contributed by atoms with Gasteiger partial charge in [0.1, 0.15) is 5.69 Å². The van der Waals surface area contributed by atoms with Crippen molar-refractivity contribution in [3.05, 3.63) is 53.6 Å². The van der Waals surface area contributed by atoms with Crippen molar-refractivity contribution in [1.29, 1.82) is 0 Å². The van der Waals surface area contributed by atoms with Gasteiger partial charge in [0.25, 0.3) is 5.91 Å². The molecule has 2 aromatic rings. The summed E-state index contributed by atoms with van der Waals surface area (Å²) in [6.07, 6.45) is -7.93. The van der Waals surface area contributed by atoms with Gasteiger partial charge in [0.2, 0.25) is 5.82 Å². The molecule has 1 fully saturated rings. The molecular weight excluding hydrogens is 488 g/mol. The van der Waals surface area contributed by atoms with E-state index >= 15 is 0 Å². The van der Waals surface area contributed by atoms with Crippen molar-refractivity contribution >= 4 is 15.7 Å². The van der Waals surface area contributed by atoms with E-state index in [9.17, 15) is 39.6 Å². The van der Waals surface area contributed by atoms with Crippen LogP contribution in [0.25, 0.3) is 0 Å². The smallest absolute Gasteiger partial charge is 0.350 e. The monoisotopic (exact) mass is 509 g/mol. The molecule has 6 nitrogen and oxygen atoms in total. The van der Waals surface area contributed by atoms with Crippen LogP contribution in [0.15, 0.2) is 41.4 Å². The Morgan fingerprint density at radius 1 is 1.06 bits per heavy atom. The standard InChI is InChI=1S/C21H21F6N3O3S/c1-19(2,34(32,33)15-5-3-4-13(10-15)20(22,23)24)14-8-12(9-14)11-29-17(31)16-6-7-28-18(30-16)21(25,26)27/h3-7,10,12,14H,8-9,11H2,1-2H3,(H,29,31). The molecule has 0 atom stereocenters. The third kappa shape index (κ3) is 5.18. The summed E-state index contributed by atoms with van der Waals surface area (Å²) in [6, 6.07) is 4.62. The highest BCUT2D eigenvalue weighted by molar-refractivity contribution is 7.92. The first-order valence-electron chi connectivity index (χ1n) is 10.1. The van der Waals surface area contributed by atoms with Gasteiger partial charge in [-0.15, -0.1) is 0 Å². The third-order valence-corrected chi connectivity index (χ3v) is 8.67. The number of nitrogens with one attached hydrogen (secondary N) is 1. The maximum atomic E-state index is 13.1. The number of alkyl halides is 6. The van der Waals surface area contributed by atoms with Gasteiger partial charge < -0.3 is 5.32 Å². The number of nitrogens with zero attached hydrogens (tertiary/aromatic N) is 2. The number of sulfone groups is 1. The lowest BCUT2D eigenvalue weighted by atomic mass is 9.69. The van der Waals surface area contributed by atoms with E-state index in [-0.39, 0.29) is 18.4 Å². The molecule has 1 N–H and O–H groups in total. The first-order valence-corrected chi connectivity index (χ1v) is 11.6. The second kappa shape index (κ2) is 8.82. The second-order valence-electron chi connectivity index (χ2n) is 8.64. The average molecular weight is 509 g/mol. The van der Waals surface area contributed by atoms with Gasteiger partial charge >= 0.3 is 12.4 Å². The number of rotatable bonds is 6. The van der Waals surface area contributed by atoms with Crippen LogP contribution in [0, 0.1) is 11.8 Å². The van der Waals surface area contributed by atoms with E-state index in [2.05, 4.69) is 15.3 Å². The molecular formula is C21H21F6N3O3S. The molecule has 1 aromatic heterocycles. The maximum absolute atomic E-state index is 13.1. The summed E-state index contributed by atoms with van der Waals surface area (Å²) in [5, 5.41) is 2.48. The number of carbonyl (C=O) groups is 1. The average Bonchev–Trinajstić information content (AvgIpc) is 2.71. The highest BCUT2D eigenvalue weighted by atomic mass is 32.2. The number of aromatic nitrogens is 2. The zero-order valence-corrected chi connectivity index (χ0v) is 18.9. The third-order valence-electron chi connectivity index (χ3n) is 6.08. The molecule has 34 heavy (non-hydrogen) atoms. The molecule has 186 valence electrons. The second-order valence-corrected chi connectivity index (χ2v) is 11.2. The van der Waals surface area contributed by atoms with Crippen LogP contribution in [-0.2, 0) is 22.2 Å². The van der Waals surface area contributed by atoms with Gasteiger partial charge in [-0.3, -0.25) is 4.79 Å². The first-order chi connectivity index (χ1) is 15.5. The van der Waals surface area contributed by atoms with Gasteiger partial charge in [0.05, 0.1) is 15.2 Å². The van der Waals surface area contributed by atoms with Crippen LogP contribution in [0.3, 0.4) is 0 Å². The van der Waals surface area contributed by atoms with E-state index in [1.165, 1.54) is 13.8 Å². The van der Waals surface area contributed by atoms with E-state index in [0.717, 1.165) is 30.5 Å². The molecule has 1 aliphatic carbocycles. The summed E-state index contributed by atoms with van der Waals surface area (Å²) >= 11 is 0. The Kier molecular flexibility index (Phi) is 6.72. The minimum Gasteiger partial charge on any atom is -0.350 e. The minimum absolute atomic E-state index is 0.0837. The number of carbonyl (C=O) groups excluding carboxylic acids is 1. The van der Waals surface area contributed by atoms with Gasteiger partial charge in [-0.25, -0.2) is 18.4 Å². The maximum Gasteiger partial charge on any atom is 0.451 e. The Labute approximate surface area is 191 Å². The van der Waals surface area contributed by atoms with Crippen molar-refractivity contribution in [3.8, 4) is 0 Å². The van der Waals surface area contributed by atoms with Crippen molar-refractivity contribution < 1.29 is 39.6 Å². The largest absolute Gasteiger partial charge is 0.451 e. The highest BCUT2D eigenvalue weighted by Gasteiger charge is 2.48. The van der Waals surface area contributed by atoms with E-state index in [1.807, 2.05) is 0 Å². The van der Waals surface area contributed by atoms with Gasteiger partial charge in [-0.2, -0.15) is 26.3 Å². The lowest BCUT2D eigenvalue weighted by molar-refractivity contribution is -0.145.